The van der Waals surface area contributed by atoms with E-state index in [0.717, 1.165) is 3.57 Å². The van der Waals surface area contributed by atoms with Crippen molar-refractivity contribution in [2.24, 2.45) is 0 Å². The van der Waals surface area contributed by atoms with Crippen LogP contribution < -0.4 is 0 Å². The van der Waals surface area contributed by atoms with Gasteiger partial charge in [0.1, 0.15) is 16.4 Å². The quantitative estimate of drug-likeness (QED) is 0.654. The number of ketones is 1. The highest BCUT2D eigenvalue weighted by Crippen LogP contribution is 2.33. The molecule has 0 aromatic heterocycles. The highest BCUT2D eigenvalue weighted by atomic mass is 127. The third-order valence-electron chi connectivity index (χ3n) is 1.65. The van der Waals surface area contributed by atoms with Crippen LogP contribution in [-0.4, -0.2) is 10.9 Å². The Morgan fingerprint density at radius 2 is 2.23 bits per heavy atom. The highest BCUT2D eigenvalue weighted by Gasteiger charge is 2.17. The van der Waals surface area contributed by atoms with Crippen LogP contribution in [0.25, 0.3) is 0 Å². The Morgan fingerprint density at radius 1 is 1.62 bits per heavy atom. The van der Waals surface area contributed by atoms with Crippen LogP contribution in [0, 0.1) is 3.57 Å². The molecule has 70 valence electrons. The van der Waals surface area contributed by atoms with Crippen molar-refractivity contribution in [3.63, 3.8) is 0 Å². The topological polar surface area (TPSA) is 37.3 Å². The summed E-state index contributed by atoms with van der Waals surface area (Å²) in [5.41, 5.74) is 0.624. The van der Waals surface area contributed by atoms with E-state index >= 15 is 0 Å². The maximum Gasteiger partial charge on any atom is 0.147 e. The molecule has 0 radical (unpaired) electrons. The number of para-hydroxylation sites is 1. The Morgan fingerprint density at radius 3 is 2.77 bits per heavy atom. The van der Waals surface area contributed by atoms with E-state index in [1.54, 1.807) is 12.1 Å². The van der Waals surface area contributed by atoms with Gasteiger partial charge in [-0.05, 0) is 35.6 Å². The summed E-state index contributed by atoms with van der Waals surface area (Å²) in [5.74, 6) is 0.164. The normalized spacial score (nSPS) is 12.5. The molecule has 1 aromatic carbocycles. The van der Waals surface area contributed by atoms with E-state index in [0.29, 0.717) is 5.56 Å². The minimum absolute atomic E-state index is 0.0164. The molecular formula is C9H8BrIO2. The van der Waals surface area contributed by atoms with Crippen LogP contribution in [0.1, 0.15) is 17.3 Å². The van der Waals surface area contributed by atoms with Crippen molar-refractivity contribution in [2.45, 2.75) is 11.8 Å². The van der Waals surface area contributed by atoms with Gasteiger partial charge in [-0.3, -0.25) is 4.79 Å². The molecule has 13 heavy (non-hydrogen) atoms. The molecule has 1 unspecified atom stereocenters. The monoisotopic (exact) mass is 354 g/mol. The molecule has 1 aromatic rings. The van der Waals surface area contributed by atoms with Crippen LogP contribution in [0.5, 0.6) is 5.75 Å². The Balaban J connectivity index is 3.15. The van der Waals surface area contributed by atoms with Crippen LogP contribution in [0.15, 0.2) is 18.2 Å². The van der Waals surface area contributed by atoms with Crippen molar-refractivity contribution in [3.8, 4) is 5.75 Å². The van der Waals surface area contributed by atoms with Crippen molar-refractivity contribution in [3.05, 3.63) is 27.3 Å². The molecule has 0 saturated carbocycles. The average molecular weight is 355 g/mol. The van der Waals surface area contributed by atoms with Crippen molar-refractivity contribution in [1.29, 1.82) is 0 Å². The first-order valence-corrected chi connectivity index (χ1v) is 5.65. The smallest absolute Gasteiger partial charge is 0.147 e. The molecule has 1 rings (SSSR count). The molecule has 0 amide bonds. The molecule has 1 atom stereocenters. The summed E-state index contributed by atoms with van der Waals surface area (Å²) < 4.78 is 0.751. The maximum atomic E-state index is 11.0. The van der Waals surface area contributed by atoms with Gasteiger partial charge in [-0.25, -0.2) is 0 Å². The zero-order valence-corrected chi connectivity index (χ0v) is 10.7. The molecule has 0 saturated heterocycles. The number of hydrogen-bond acceptors (Lipinski definition) is 2. The second kappa shape index (κ2) is 4.41. The first-order valence-electron chi connectivity index (χ1n) is 3.66. The lowest BCUT2D eigenvalue weighted by Crippen LogP contribution is -2.01. The van der Waals surface area contributed by atoms with Gasteiger partial charge in [0.05, 0.1) is 3.57 Å². The molecular weight excluding hydrogens is 347 g/mol. The Kier molecular flexibility index (Phi) is 3.73. The summed E-state index contributed by atoms with van der Waals surface area (Å²) in [7, 11) is 0. The van der Waals surface area contributed by atoms with Gasteiger partial charge in [-0.1, -0.05) is 28.1 Å². The van der Waals surface area contributed by atoms with E-state index in [1.807, 2.05) is 28.7 Å². The fourth-order valence-corrected chi connectivity index (χ4v) is 1.84. The van der Waals surface area contributed by atoms with Crippen LogP contribution in [-0.2, 0) is 4.79 Å². The molecule has 0 heterocycles. The summed E-state index contributed by atoms with van der Waals surface area (Å²) in [6, 6.07) is 5.34. The SMILES string of the molecule is CC(=O)C(Br)c1cccc(I)c1O. The van der Waals surface area contributed by atoms with Crippen molar-refractivity contribution in [1.82, 2.24) is 0 Å². The third kappa shape index (κ3) is 2.43. The van der Waals surface area contributed by atoms with E-state index in [1.165, 1.54) is 6.92 Å². The Hall–Kier alpha value is -0.100. The van der Waals surface area contributed by atoms with Crippen molar-refractivity contribution < 1.29 is 9.90 Å². The number of Topliss-reactive ketones (excluding diaryl/α,β-unsaturated/α-hetero) is 1. The average Bonchev–Trinajstić information content (AvgIpc) is 2.08. The number of carbonyl (C=O) groups is 1. The second-order valence-corrected chi connectivity index (χ2v) is 4.73. The van der Waals surface area contributed by atoms with Gasteiger partial charge >= 0.3 is 0 Å². The summed E-state index contributed by atoms with van der Waals surface area (Å²) in [6.45, 7) is 1.48. The van der Waals surface area contributed by atoms with Crippen molar-refractivity contribution >= 4 is 44.3 Å². The van der Waals surface area contributed by atoms with Gasteiger partial charge in [-0.2, -0.15) is 0 Å². The molecule has 0 aliphatic rings. The van der Waals surface area contributed by atoms with E-state index in [2.05, 4.69) is 15.9 Å². The summed E-state index contributed by atoms with van der Waals surface area (Å²) in [4.78, 5) is 10.6. The number of alkyl halides is 1. The van der Waals surface area contributed by atoms with Crippen molar-refractivity contribution in [2.75, 3.05) is 0 Å². The molecule has 0 spiro atoms. The zero-order valence-electron chi connectivity index (χ0n) is 6.92. The van der Waals surface area contributed by atoms with Gasteiger partial charge in [0.15, 0.2) is 0 Å². The number of aromatic hydroxyl groups is 1. The summed E-state index contributed by atoms with van der Waals surface area (Å²) in [5, 5.41) is 9.63. The third-order valence-corrected chi connectivity index (χ3v) is 3.66. The number of phenolic OH excluding ortho intramolecular Hbond substituents is 1. The highest BCUT2D eigenvalue weighted by molar-refractivity contribution is 14.1. The van der Waals surface area contributed by atoms with Gasteiger partial charge in [0, 0.05) is 5.56 Å². The lowest BCUT2D eigenvalue weighted by Gasteiger charge is -2.09. The maximum absolute atomic E-state index is 11.0. The molecule has 0 aliphatic carbocycles. The predicted molar refractivity (Wildman–Crippen MR) is 63.2 cm³/mol. The second-order valence-electron chi connectivity index (χ2n) is 2.65. The minimum atomic E-state index is -0.415. The fourth-order valence-electron chi connectivity index (χ4n) is 0.956. The predicted octanol–water partition coefficient (Wildman–Crippen LogP) is 3.02. The van der Waals surface area contributed by atoms with Gasteiger partial charge in [0.25, 0.3) is 0 Å². The Bertz CT molecular complexity index is 338. The molecule has 1 N–H and O–H groups in total. The zero-order chi connectivity index (χ0) is 10.0. The molecule has 0 aliphatic heterocycles. The van der Waals surface area contributed by atoms with Crippen LogP contribution in [0.2, 0.25) is 0 Å². The summed E-state index contributed by atoms with van der Waals surface area (Å²) >= 11 is 5.25. The lowest BCUT2D eigenvalue weighted by molar-refractivity contribution is -0.116. The van der Waals surface area contributed by atoms with Gasteiger partial charge < -0.3 is 5.11 Å². The first-order chi connectivity index (χ1) is 6.04. The van der Waals surface area contributed by atoms with Gasteiger partial charge in [0.2, 0.25) is 0 Å². The van der Waals surface area contributed by atoms with E-state index < -0.39 is 4.83 Å². The number of rotatable bonds is 2. The van der Waals surface area contributed by atoms with Crippen LogP contribution in [0.3, 0.4) is 0 Å². The number of carbonyl (C=O) groups excluding carboxylic acids is 1. The fraction of sp³-hybridized carbons (Fsp3) is 0.222. The van der Waals surface area contributed by atoms with Gasteiger partial charge in [-0.15, -0.1) is 0 Å². The standard InChI is InChI=1S/C9H8BrIO2/c1-5(12)8(10)6-3-2-4-7(11)9(6)13/h2-4,8,13H,1H3. The first kappa shape index (κ1) is 11.0. The van der Waals surface area contributed by atoms with E-state index in [4.69, 9.17) is 0 Å². The minimum Gasteiger partial charge on any atom is -0.506 e. The largest absolute Gasteiger partial charge is 0.506 e. The number of benzene rings is 1. The molecule has 2 nitrogen and oxygen atoms in total. The molecule has 0 bridgehead atoms. The number of hydrogen-bond donors (Lipinski definition) is 1. The van der Waals surface area contributed by atoms with Crippen LogP contribution in [0.4, 0.5) is 0 Å². The Labute approximate surface area is 98.6 Å². The molecule has 0 fully saturated rings. The van der Waals surface area contributed by atoms with E-state index in [9.17, 15) is 9.90 Å². The molecule has 4 heteroatoms. The van der Waals surface area contributed by atoms with Crippen LogP contribution >= 0.6 is 38.5 Å². The summed E-state index contributed by atoms with van der Waals surface area (Å²) in [6.07, 6.45) is 0. The number of phenols is 1. The van der Waals surface area contributed by atoms with E-state index in [-0.39, 0.29) is 11.5 Å². The number of halogens is 2. The lowest BCUT2D eigenvalue weighted by atomic mass is 10.1.